The third kappa shape index (κ3) is 1.55. The van der Waals surface area contributed by atoms with Crippen LogP contribution in [0.5, 0.6) is 0 Å². The summed E-state index contributed by atoms with van der Waals surface area (Å²) in [5, 5.41) is 3.53. The Morgan fingerprint density at radius 3 is 3.08 bits per heavy atom. The van der Waals surface area contributed by atoms with Crippen LogP contribution in [-0.4, -0.2) is 6.54 Å². The zero-order valence-electron chi connectivity index (χ0n) is 8.43. The van der Waals surface area contributed by atoms with Gasteiger partial charge in [-0.1, -0.05) is 31.5 Å². The zero-order chi connectivity index (χ0) is 9.26. The number of aryl methyl sites for hydroxylation is 1. The first-order valence-corrected chi connectivity index (χ1v) is 5.13. The quantitative estimate of drug-likeness (QED) is 0.692. The Morgan fingerprint density at radius 1 is 1.46 bits per heavy atom. The highest BCUT2D eigenvalue weighted by Gasteiger charge is 2.16. The number of hydrogen-bond donors (Lipinski definition) is 1. The predicted molar refractivity (Wildman–Crippen MR) is 57.2 cm³/mol. The number of benzene rings is 1. The second-order valence-electron chi connectivity index (χ2n) is 3.97. The van der Waals surface area contributed by atoms with E-state index in [1.807, 2.05) is 0 Å². The van der Waals surface area contributed by atoms with E-state index in [4.69, 9.17) is 0 Å². The van der Waals surface area contributed by atoms with Crippen LogP contribution in [0.1, 0.15) is 24.5 Å². The summed E-state index contributed by atoms with van der Waals surface area (Å²) in [6, 6.07) is 6.59. The normalized spacial score (nSPS) is 20.6. The van der Waals surface area contributed by atoms with Crippen LogP contribution in [-0.2, 0) is 6.42 Å². The molecule has 70 valence electrons. The molecule has 1 nitrogen and oxygen atoms in total. The van der Waals surface area contributed by atoms with Crippen LogP contribution in [0.25, 0.3) is 0 Å². The van der Waals surface area contributed by atoms with E-state index in [0.717, 1.165) is 12.5 Å². The van der Waals surface area contributed by atoms with Crippen molar-refractivity contribution in [2.75, 3.05) is 11.9 Å². The van der Waals surface area contributed by atoms with Crippen molar-refractivity contribution in [2.24, 2.45) is 5.92 Å². The highest BCUT2D eigenvalue weighted by atomic mass is 14.9. The molecule has 2 rings (SSSR count). The van der Waals surface area contributed by atoms with E-state index in [0.29, 0.717) is 0 Å². The Morgan fingerprint density at radius 2 is 2.31 bits per heavy atom. The summed E-state index contributed by atoms with van der Waals surface area (Å²) in [5.74, 6) is 0.828. The van der Waals surface area contributed by atoms with Crippen LogP contribution in [0.4, 0.5) is 5.69 Å². The molecule has 1 heteroatoms. The summed E-state index contributed by atoms with van der Waals surface area (Å²) >= 11 is 0. The lowest BCUT2D eigenvalue weighted by Crippen LogP contribution is -2.22. The molecule has 1 N–H and O–H groups in total. The fourth-order valence-electron chi connectivity index (χ4n) is 2.07. The second-order valence-corrected chi connectivity index (χ2v) is 3.97. The van der Waals surface area contributed by atoms with Crippen molar-refractivity contribution in [3.63, 3.8) is 0 Å². The second kappa shape index (κ2) is 3.41. The van der Waals surface area contributed by atoms with E-state index in [2.05, 4.69) is 37.4 Å². The van der Waals surface area contributed by atoms with Crippen LogP contribution in [0, 0.1) is 12.8 Å². The Bertz CT molecular complexity index is 304. The van der Waals surface area contributed by atoms with Gasteiger partial charge in [-0.15, -0.1) is 0 Å². The highest BCUT2D eigenvalue weighted by Crippen LogP contribution is 2.28. The first-order valence-electron chi connectivity index (χ1n) is 5.13. The van der Waals surface area contributed by atoms with Crippen molar-refractivity contribution in [1.82, 2.24) is 0 Å². The fraction of sp³-hybridized carbons (Fsp3) is 0.500. The summed E-state index contributed by atoms with van der Waals surface area (Å²) < 4.78 is 0. The molecule has 1 aliphatic heterocycles. The molecule has 0 fully saturated rings. The molecule has 1 aliphatic rings. The van der Waals surface area contributed by atoms with Crippen LogP contribution in [0.2, 0.25) is 0 Å². The first-order chi connectivity index (χ1) is 6.31. The van der Waals surface area contributed by atoms with Gasteiger partial charge in [-0.2, -0.15) is 0 Å². The average molecular weight is 175 g/mol. The maximum absolute atomic E-state index is 3.53. The molecule has 0 radical (unpaired) electrons. The van der Waals surface area contributed by atoms with Crippen molar-refractivity contribution < 1.29 is 0 Å². The topological polar surface area (TPSA) is 12.0 Å². The molecule has 1 unspecified atom stereocenters. The number of fused-ring (bicyclic) bond motifs is 1. The standard InChI is InChI=1S/C12H17N/c1-3-10-7-11-6-4-5-9(2)12(11)13-8-10/h4-6,10,13H,3,7-8H2,1-2H3. The van der Waals surface area contributed by atoms with E-state index >= 15 is 0 Å². The minimum atomic E-state index is 0.828. The van der Waals surface area contributed by atoms with Gasteiger partial charge in [0.2, 0.25) is 0 Å². The van der Waals surface area contributed by atoms with Crippen LogP contribution in [0.15, 0.2) is 18.2 Å². The van der Waals surface area contributed by atoms with Gasteiger partial charge < -0.3 is 5.32 Å². The van der Waals surface area contributed by atoms with Gasteiger partial charge in [-0.25, -0.2) is 0 Å². The van der Waals surface area contributed by atoms with Gasteiger partial charge in [0.05, 0.1) is 0 Å². The number of para-hydroxylation sites is 1. The number of nitrogens with one attached hydrogen (secondary N) is 1. The number of hydrogen-bond acceptors (Lipinski definition) is 1. The minimum absolute atomic E-state index is 0.828. The van der Waals surface area contributed by atoms with Crippen molar-refractivity contribution >= 4 is 5.69 Å². The summed E-state index contributed by atoms with van der Waals surface area (Å²) in [6.07, 6.45) is 2.53. The molecular formula is C12H17N. The monoisotopic (exact) mass is 175 g/mol. The lowest BCUT2D eigenvalue weighted by molar-refractivity contribution is 0.520. The molecule has 1 heterocycles. The Labute approximate surface area is 80.2 Å². The van der Waals surface area contributed by atoms with E-state index in [1.165, 1.54) is 29.7 Å². The van der Waals surface area contributed by atoms with Gasteiger partial charge in [0.15, 0.2) is 0 Å². The van der Waals surface area contributed by atoms with E-state index in [1.54, 1.807) is 0 Å². The SMILES string of the molecule is CCC1CNc2c(C)cccc2C1. The van der Waals surface area contributed by atoms with Crippen molar-refractivity contribution in [1.29, 1.82) is 0 Å². The highest BCUT2D eigenvalue weighted by molar-refractivity contribution is 5.58. The van der Waals surface area contributed by atoms with Crippen molar-refractivity contribution in [3.8, 4) is 0 Å². The largest absolute Gasteiger partial charge is 0.384 e. The fourth-order valence-corrected chi connectivity index (χ4v) is 2.07. The molecule has 0 aromatic heterocycles. The molecular weight excluding hydrogens is 158 g/mol. The lowest BCUT2D eigenvalue weighted by Gasteiger charge is -2.26. The third-order valence-corrected chi connectivity index (χ3v) is 3.01. The van der Waals surface area contributed by atoms with Crippen LogP contribution in [0.3, 0.4) is 0 Å². The minimum Gasteiger partial charge on any atom is -0.384 e. The van der Waals surface area contributed by atoms with E-state index in [9.17, 15) is 0 Å². The molecule has 0 bridgehead atoms. The Kier molecular flexibility index (Phi) is 2.26. The average Bonchev–Trinajstić information content (AvgIpc) is 2.18. The summed E-state index contributed by atoms with van der Waals surface area (Å²) in [5.41, 5.74) is 4.26. The van der Waals surface area contributed by atoms with Gasteiger partial charge in [0.1, 0.15) is 0 Å². The molecule has 0 saturated carbocycles. The van der Waals surface area contributed by atoms with Crippen molar-refractivity contribution in [2.45, 2.75) is 26.7 Å². The lowest BCUT2D eigenvalue weighted by atomic mass is 9.91. The molecule has 0 saturated heterocycles. The molecule has 0 amide bonds. The van der Waals surface area contributed by atoms with Gasteiger partial charge in [-0.05, 0) is 30.4 Å². The number of rotatable bonds is 1. The van der Waals surface area contributed by atoms with Gasteiger partial charge in [0.25, 0.3) is 0 Å². The van der Waals surface area contributed by atoms with Gasteiger partial charge in [0, 0.05) is 12.2 Å². The smallest absolute Gasteiger partial charge is 0.0402 e. The summed E-state index contributed by atoms with van der Waals surface area (Å²) in [7, 11) is 0. The summed E-state index contributed by atoms with van der Waals surface area (Å²) in [6.45, 7) is 5.60. The van der Waals surface area contributed by atoms with Gasteiger partial charge in [-0.3, -0.25) is 0 Å². The van der Waals surface area contributed by atoms with Crippen LogP contribution < -0.4 is 5.32 Å². The third-order valence-electron chi connectivity index (χ3n) is 3.01. The molecule has 0 aliphatic carbocycles. The Hall–Kier alpha value is -0.980. The molecule has 13 heavy (non-hydrogen) atoms. The van der Waals surface area contributed by atoms with E-state index < -0.39 is 0 Å². The number of anilines is 1. The maximum Gasteiger partial charge on any atom is 0.0402 e. The zero-order valence-corrected chi connectivity index (χ0v) is 8.43. The Balaban J connectivity index is 2.31. The molecule has 0 spiro atoms. The maximum atomic E-state index is 3.53. The molecule has 1 atom stereocenters. The van der Waals surface area contributed by atoms with Gasteiger partial charge >= 0.3 is 0 Å². The predicted octanol–water partition coefficient (Wildman–Crippen LogP) is 2.99. The van der Waals surface area contributed by atoms with Crippen LogP contribution >= 0.6 is 0 Å². The van der Waals surface area contributed by atoms with Crippen molar-refractivity contribution in [3.05, 3.63) is 29.3 Å². The molecule has 1 aromatic carbocycles. The molecule has 1 aromatic rings. The summed E-state index contributed by atoms with van der Waals surface area (Å²) in [4.78, 5) is 0. The first kappa shape index (κ1) is 8.61. The van der Waals surface area contributed by atoms with E-state index in [-0.39, 0.29) is 0 Å².